The van der Waals surface area contributed by atoms with Gasteiger partial charge in [-0.2, -0.15) is 0 Å². The second-order valence-corrected chi connectivity index (χ2v) is 9.79. The Morgan fingerprint density at radius 3 is 2.71 bits per heavy atom. The van der Waals surface area contributed by atoms with Crippen molar-refractivity contribution < 1.29 is 27.5 Å². The molecule has 0 saturated carbocycles. The molecule has 2 saturated heterocycles. The molecule has 150 valence electrons. The van der Waals surface area contributed by atoms with Gasteiger partial charge in [-0.3, -0.25) is 19.3 Å². The Balaban J connectivity index is 1.72. The molecule has 28 heavy (non-hydrogen) atoms. The van der Waals surface area contributed by atoms with Crippen molar-refractivity contribution in [1.82, 2.24) is 9.80 Å². The molecule has 1 unspecified atom stereocenters. The van der Waals surface area contributed by atoms with Gasteiger partial charge in [0.05, 0.1) is 23.5 Å². The average molecular weight is 425 g/mol. The number of rotatable bonds is 5. The summed E-state index contributed by atoms with van der Waals surface area (Å²) in [6.45, 7) is -0.416. The number of benzene rings is 1. The van der Waals surface area contributed by atoms with Gasteiger partial charge in [-0.15, -0.1) is 0 Å². The van der Waals surface area contributed by atoms with Gasteiger partial charge < -0.3 is 9.64 Å². The molecule has 0 aromatic heterocycles. The third-order valence-electron chi connectivity index (χ3n) is 4.74. The highest BCUT2D eigenvalue weighted by Gasteiger charge is 2.39. The molecule has 2 aliphatic rings. The van der Waals surface area contributed by atoms with E-state index in [-0.39, 0.29) is 16.4 Å². The Labute approximate surface area is 167 Å². The lowest BCUT2D eigenvalue weighted by Crippen LogP contribution is -2.45. The number of para-hydroxylation sites is 1. The first-order chi connectivity index (χ1) is 13.2. The normalized spacial score (nSPS) is 22.7. The Morgan fingerprint density at radius 2 is 2.07 bits per heavy atom. The van der Waals surface area contributed by atoms with Crippen LogP contribution in [0.3, 0.4) is 0 Å². The number of ether oxygens (including phenoxy) is 1. The number of nitrogens with zero attached hydrogens (tertiary/aromatic N) is 2. The van der Waals surface area contributed by atoms with E-state index in [2.05, 4.69) is 0 Å². The van der Waals surface area contributed by atoms with Gasteiger partial charge in [-0.25, -0.2) is 8.42 Å². The number of carbonyl (C=O) groups excluding carboxylic acids is 3. The lowest BCUT2D eigenvalue weighted by molar-refractivity contribution is -0.136. The lowest BCUT2D eigenvalue weighted by atomic mass is 10.2. The van der Waals surface area contributed by atoms with Crippen LogP contribution in [0.15, 0.2) is 29.2 Å². The van der Waals surface area contributed by atoms with Gasteiger partial charge in [0.2, 0.25) is 5.91 Å². The first-order valence-corrected chi connectivity index (χ1v) is 11.2. The van der Waals surface area contributed by atoms with E-state index in [1.165, 1.54) is 19.1 Å². The van der Waals surface area contributed by atoms with Crippen molar-refractivity contribution in [2.45, 2.75) is 12.5 Å². The van der Waals surface area contributed by atoms with E-state index in [1.54, 1.807) is 30.3 Å². The van der Waals surface area contributed by atoms with Crippen LogP contribution < -0.4 is 4.74 Å². The summed E-state index contributed by atoms with van der Waals surface area (Å²) in [5.74, 6) is -0.513. The summed E-state index contributed by atoms with van der Waals surface area (Å²) >= 11 is 0.758. The predicted molar refractivity (Wildman–Crippen MR) is 105 cm³/mol. The molecular formula is C18H20N2O6S2. The standard InChI is InChI=1S/C18H20N2O6S2/c1-19(13-7-8-28(24,25)11-13)16(21)10-20-17(22)15(27-18(20)23)9-12-5-3-4-6-14(12)26-2/h3-6,9,13H,7-8,10-11H2,1-2H3. The lowest BCUT2D eigenvalue weighted by Gasteiger charge is -2.25. The molecule has 0 radical (unpaired) electrons. The monoisotopic (exact) mass is 424 g/mol. The average Bonchev–Trinajstić information content (AvgIpc) is 3.15. The van der Waals surface area contributed by atoms with Crippen LogP contribution in [0, 0.1) is 0 Å². The van der Waals surface area contributed by atoms with Gasteiger partial charge in [0, 0.05) is 18.7 Å². The largest absolute Gasteiger partial charge is 0.496 e. The number of methoxy groups -OCH3 is 1. The Kier molecular flexibility index (Phi) is 5.80. The summed E-state index contributed by atoms with van der Waals surface area (Å²) in [5, 5.41) is -0.535. The van der Waals surface area contributed by atoms with Crippen LogP contribution in [0.2, 0.25) is 0 Å². The Bertz CT molecular complexity index is 957. The summed E-state index contributed by atoms with van der Waals surface area (Å²) in [6.07, 6.45) is 1.92. The highest BCUT2D eigenvalue weighted by molar-refractivity contribution is 8.18. The first kappa shape index (κ1) is 20.4. The molecular weight excluding hydrogens is 404 g/mol. The summed E-state index contributed by atoms with van der Waals surface area (Å²) in [4.78, 5) is 39.8. The minimum atomic E-state index is -3.14. The summed E-state index contributed by atoms with van der Waals surface area (Å²) in [6, 6.07) is 6.64. The molecule has 0 N–H and O–H groups in total. The van der Waals surface area contributed by atoms with Gasteiger partial charge in [0.1, 0.15) is 12.3 Å². The van der Waals surface area contributed by atoms with Crippen molar-refractivity contribution in [2.75, 3.05) is 32.2 Å². The van der Waals surface area contributed by atoms with Crippen LogP contribution in [-0.4, -0.2) is 73.5 Å². The molecule has 10 heteroatoms. The number of carbonyl (C=O) groups is 3. The zero-order chi connectivity index (χ0) is 20.5. The van der Waals surface area contributed by atoms with Gasteiger partial charge in [0.15, 0.2) is 9.84 Å². The Morgan fingerprint density at radius 1 is 1.36 bits per heavy atom. The number of hydrogen-bond acceptors (Lipinski definition) is 7. The van der Waals surface area contributed by atoms with Crippen molar-refractivity contribution in [3.05, 3.63) is 34.7 Å². The number of imide groups is 1. The zero-order valence-corrected chi connectivity index (χ0v) is 17.1. The van der Waals surface area contributed by atoms with E-state index in [1.807, 2.05) is 0 Å². The number of thioether (sulfide) groups is 1. The quantitative estimate of drug-likeness (QED) is 0.658. The highest BCUT2D eigenvalue weighted by atomic mass is 32.2. The van der Waals surface area contributed by atoms with Crippen LogP contribution >= 0.6 is 11.8 Å². The molecule has 1 atom stereocenters. The summed E-state index contributed by atoms with van der Waals surface area (Å²) < 4.78 is 28.5. The van der Waals surface area contributed by atoms with Crippen LogP contribution in [0.25, 0.3) is 6.08 Å². The molecule has 3 rings (SSSR count). The molecule has 1 aromatic rings. The van der Waals surface area contributed by atoms with Crippen molar-refractivity contribution >= 4 is 44.7 Å². The van der Waals surface area contributed by atoms with Crippen LogP contribution in [0.1, 0.15) is 12.0 Å². The molecule has 2 heterocycles. The Hall–Kier alpha value is -2.33. The van der Waals surface area contributed by atoms with E-state index in [0.717, 1.165) is 16.7 Å². The molecule has 0 aliphatic carbocycles. The van der Waals surface area contributed by atoms with Gasteiger partial charge in [-0.05, 0) is 30.3 Å². The van der Waals surface area contributed by atoms with E-state index in [0.29, 0.717) is 17.7 Å². The fraction of sp³-hybridized carbons (Fsp3) is 0.389. The minimum Gasteiger partial charge on any atom is -0.496 e. The maximum Gasteiger partial charge on any atom is 0.294 e. The van der Waals surface area contributed by atoms with Crippen molar-refractivity contribution in [2.24, 2.45) is 0 Å². The summed E-state index contributed by atoms with van der Waals surface area (Å²) in [5.41, 5.74) is 0.648. The predicted octanol–water partition coefficient (Wildman–Crippen LogP) is 1.38. The number of likely N-dealkylation sites (N-methyl/N-ethyl adjacent to an activating group) is 1. The topological polar surface area (TPSA) is 101 Å². The van der Waals surface area contributed by atoms with E-state index < -0.39 is 39.5 Å². The van der Waals surface area contributed by atoms with Crippen molar-refractivity contribution in [3.8, 4) is 5.75 Å². The fourth-order valence-electron chi connectivity index (χ4n) is 3.09. The molecule has 0 bridgehead atoms. The van der Waals surface area contributed by atoms with Crippen LogP contribution in [0.5, 0.6) is 5.75 Å². The third kappa shape index (κ3) is 4.22. The maximum absolute atomic E-state index is 12.6. The number of amides is 3. The van der Waals surface area contributed by atoms with Gasteiger partial charge in [-0.1, -0.05) is 18.2 Å². The van der Waals surface area contributed by atoms with Crippen molar-refractivity contribution in [1.29, 1.82) is 0 Å². The van der Waals surface area contributed by atoms with Crippen molar-refractivity contribution in [3.63, 3.8) is 0 Å². The highest BCUT2D eigenvalue weighted by Crippen LogP contribution is 2.34. The summed E-state index contributed by atoms with van der Waals surface area (Å²) in [7, 11) is -0.132. The molecule has 8 nitrogen and oxygen atoms in total. The molecule has 2 fully saturated rings. The zero-order valence-electron chi connectivity index (χ0n) is 15.5. The number of sulfone groups is 1. The maximum atomic E-state index is 12.6. The molecule has 2 aliphatic heterocycles. The SMILES string of the molecule is COc1ccccc1C=C1SC(=O)N(CC(=O)N(C)C2CCS(=O)(=O)C2)C1=O. The second kappa shape index (κ2) is 7.96. The third-order valence-corrected chi connectivity index (χ3v) is 7.40. The fourth-order valence-corrected chi connectivity index (χ4v) is 5.70. The van der Waals surface area contributed by atoms with Gasteiger partial charge in [0.25, 0.3) is 11.1 Å². The first-order valence-electron chi connectivity index (χ1n) is 8.56. The smallest absolute Gasteiger partial charge is 0.294 e. The van der Waals surface area contributed by atoms with Crippen LogP contribution in [0.4, 0.5) is 4.79 Å². The minimum absolute atomic E-state index is 0.0402. The van der Waals surface area contributed by atoms with Crippen LogP contribution in [-0.2, 0) is 19.4 Å². The second-order valence-electron chi connectivity index (χ2n) is 6.57. The van der Waals surface area contributed by atoms with E-state index >= 15 is 0 Å². The molecule has 1 aromatic carbocycles. The number of hydrogen-bond donors (Lipinski definition) is 0. The molecule has 0 spiro atoms. The van der Waals surface area contributed by atoms with Gasteiger partial charge >= 0.3 is 0 Å². The van der Waals surface area contributed by atoms with E-state index in [4.69, 9.17) is 4.74 Å². The van der Waals surface area contributed by atoms with E-state index in [9.17, 15) is 22.8 Å². The molecule has 3 amide bonds.